The number of hydrazine groups is 1. The third-order valence-corrected chi connectivity index (χ3v) is 3.72. The average Bonchev–Trinajstić information content (AvgIpc) is 2.39. The Hall–Kier alpha value is -1.16. The van der Waals surface area contributed by atoms with Gasteiger partial charge in [0.15, 0.2) is 5.82 Å². The molecule has 0 radical (unpaired) electrons. The van der Waals surface area contributed by atoms with Gasteiger partial charge in [-0.1, -0.05) is 38.5 Å². The summed E-state index contributed by atoms with van der Waals surface area (Å²) in [6.07, 6.45) is 12.8. The topological polar surface area (TPSA) is 63.8 Å². The van der Waals surface area contributed by atoms with Gasteiger partial charge in [-0.15, -0.1) is 5.10 Å². The van der Waals surface area contributed by atoms with Gasteiger partial charge in [0.05, 0.1) is 5.69 Å². The Labute approximate surface area is 109 Å². The van der Waals surface area contributed by atoms with Gasteiger partial charge in [-0.25, -0.2) is 5.84 Å². The van der Waals surface area contributed by atoms with E-state index in [2.05, 4.69) is 21.7 Å². The van der Waals surface area contributed by atoms with Crippen LogP contribution in [0.25, 0.3) is 0 Å². The number of nitrogens with zero attached hydrogens (tertiary/aromatic N) is 2. The van der Waals surface area contributed by atoms with E-state index in [1.807, 2.05) is 0 Å². The molecule has 1 heterocycles. The Bertz CT molecular complexity index is 365. The molecule has 0 aliphatic heterocycles. The number of rotatable bonds is 1. The van der Waals surface area contributed by atoms with Gasteiger partial charge in [0.2, 0.25) is 0 Å². The first-order valence-corrected chi connectivity index (χ1v) is 7.22. The molecular formula is C14H24N4. The van der Waals surface area contributed by atoms with Crippen molar-refractivity contribution in [1.29, 1.82) is 0 Å². The summed E-state index contributed by atoms with van der Waals surface area (Å²) in [5.41, 5.74) is 5.10. The maximum Gasteiger partial charge on any atom is 0.162 e. The highest BCUT2D eigenvalue weighted by atomic mass is 15.3. The standard InChI is InChI=1S/C14H24N4/c15-16-14-11-12-9-7-5-3-1-2-4-6-8-10-13(12)17-18-14/h11H,1-10,15H2,(H,16,18). The van der Waals surface area contributed by atoms with Gasteiger partial charge in [-0.05, 0) is 37.3 Å². The zero-order valence-corrected chi connectivity index (χ0v) is 11.1. The third-order valence-electron chi connectivity index (χ3n) is 3.72. The molecular weight excluding hydrogens is 224 g/mol. The first-order valence-electron chi connectivity index (χ1n) is 7.22. The molecule has 0 aromatic carbocycles. The van der Waals surface area contributed by atoms with E-state index in [-0.39, 0.29) is 0 Å². The van der Waals surface area contributed by atoms with Crippen molar-refractivity contribution >= 4 is 5.82 Å². The van der Waals surface area contributed by atoms with E-state index in [1.54, 1.807) is 0 Å². The summed E-state index contributed by atoms with van der Waals surface area (Å²) in [4.78, 5) is 0. The largest absolute Gasteiger partial charge is 0.307 e. The molecule has 3 N–H and O–H groups in total. The molecule has 0 saturated carbocycles. The zero-order valence-electron chi connectivity index (χ0n) is 11.1. The molecule has 1 aliphatic rings. The fraction of sp³-hybridized carbons (Fsp3) is 0.714. The van der Waals surface area contributed by atoms with Gasteiger partial charge in [0.1, 0.15) is 0 Å². The number of nitrogens with two attached hydrogens (primary N) is 1. The highest BCUT2D eigenvalue weighted by Crippen LogP contribution is 2.18. The predicted molar refractivity (Wildman–Crippen MR) is 74.2 cm³/mol. The molecule has 0 atom stereocenters. The Morgan fingerprint density at radius 3 is 2.11 bits per heavy atom. The van der Waals surface area contributed by atoms with E-state index in [1.165, 1.54) is 62.6 Å². The van der Waals surface area contributed by atoms with Crippen molar-refractivity contribution < 1.29 is 0 Å². The molecule has 0 amide bonds. The van der Waals surface area contributed by atoms with E-state index in [4.69, 9.17) is 5.84 Å². The number of aryl methyl sites for hydroxylation is 2. The molecule has 0 saturated heterocycles. The van der Waals surface area contributed by atoms with Crippen LogP contribution in [-0.4, -0.2) is 10.2 Å². The van der Waals surface area contributed by atoms with Gasteiger partial charge in [-0.3, -0.25) is 0 Å². The van der Waals surface area contributed by atoms with Crippen LogP contribution in [0.5, 0.6) is 0 Å². The number of aromatic nitrogens is 2. The SMILES string of the molecule is NNc1cc2c(nn1)CCCCCCCCCC2. The molecule has 2 rings (SSSR count). The minimum absolute atomic E-state index is 0.681. The van der Waals surface area contributed by atoms with Crippen molar-refractivity contribution in [2.24, 2.45) is 5.84 Å². The van der Waals surface area contributed by atoms with Crippen LogP contribution in [0.3, 0.4) is 0 Å². The maximum absolute atomic E-state index is 5.40. The molecule has 0 bridgehead atoms. The minimum atomic E-state index is 0.681. The Balaban J connectivity index is 2.07. The van der Waals surface area contributed by atoms with Crippen molar-refractivity contribution in [1.82, 2.24) is 10.2 Å². The number of anilines is 1. The van der Waals surface area contributed by atoms with Gasteiger partial charge in [-0.2, -0.15) is 5.10 Å². The number of hydrogen-bond donors (Lipinski definition) is 2. The van der Waals surface area contributed by atoms with Crippen molar-refractivity contribution in [2.45, 2.75) is 64.2 Å². The minimum Gasteiger partial charge on any atom is -0.307 e. The molecule has 0 spiro atoms. The van der Waals surface area contributed by atoms with E-state index in [0.717, 1.165) is 12.8 Å². The Morgan fingerprint density at radius 2 is 1.44 bits per heavy atom. The number of nitrogen functional groups attached to an aromatic ring is 1. The molecule has 1 aliphatic carbocycles. The van der Waals surface area contributed by atoms with E-state index < -0.39 is 0 Å². The summed E-state index contributed by atoms with van der Waals surface area (Å²) in [5.74, 6) is 6.08. The molecule has 4 nitrogen and oxygen atoms in total. The lowest BCUT2D eigenvalue weighted by Crippen LogP contribution is -2.11. The number of hydrogen-bond acceptors (Lipinski definition) is 4. The van der Waals surface area contributed by atoms with Gasteiger partial charge in [0, 0.05) is 0 Å². The quantitative estimate of drug-likeness (QED) is 0.592. The highest BCUT2D eigenvalue weighted by molar-refractivity contribution is 5.37. The van der Waals surface area contributed by atoms with Crippen molar-refractivity contribution in [3.05, 3.63) is 17.3 Å². The average molecular weight is 248 g/mol. The number of nitrogens with one attached hydrogen (secondary N) is 1. The summed E-state index contributed by atoms with van der Waals surface area (Å²) < 4.78 is 0. The summed E-state index contributed by atoms with van der Waals surface area (Å²) in [6, 6.07) is 2.06. The predicted octanol–water partition coefficient (Wildman–Crippen LogP) is 2.98. The van der Waals surface area contributed by atoms with Gasteiger partial charge in [0.25, 0.3) is 0 Å². The second kappa shape index (κ2) is 7.31. The smallest absolute Gasteiger partial charge is 0.162 e. The van der Waals surface area contributed by atoms with Crippen molar-refractivity contribution in [3.8, 4) is 0 Å². The molecule has 0 fully saturated rings. The summed E-state index contributed by atoms with van der Waals surface area (Å²) in [7, 11) is 0. The Kier molecular flexibility index (Phi) is 5.39. The fourth-order valence-corrected chi connectivity index (χ4v) is 2.62. The van der Waals surface area contributed by atoms with Crippen molar-refractivity contribution in [2.75, 3.05) is 5.43 Å². The Morgan fingerprint density at radius 1 is 0.833 bits per heavy atom. The van der Waals surface area contributed by atoms with Crippen LogP contribution in [0.15, 0.2) is 6.07 Å². The second-order valence-electron chi connectivity index (χ2n) is 5.17. The van der Waals surface area contributed by atoms with Crippen LogP contribution in [0.1, 0.15) is 62.6 Å². The van der Waals surface area contributed by atoms with Crippen LogP contribution in [0.4, 0.5) is 5.82 Å². The monoisotopic (exact) mass is 248 g/mol. The maximum atomic E-state index is 5.40. The molecule has 1 aromatic heterocycles. The summed E-state index contributed by atoms with van der Waals surface area (Å²) in [5, 5.41) is 8.42. The van der Waals surface area contributed by atoms with E-state index in [9.17, 15) is 0 Å². The molecule has 1 aromatic rings. The molecule has 0 unspecified atom stereocenters. The highest BCUT2D eigenvalue weighted by Gasteiger charge is 2.08. The van der Waals surface area contributed by atoms with E-state index in [0.29, 0.717) is 5.82 Å². The normalized spacial score (nSPS) is 18.3. The van der Waals surface area contributed by atoms with Crippen LogP contribution in [0, 0.1) is 0 Å². The third kappa shape index (κ3) is 3.95. The summed E-state index contributed by atoms with van der Waals surface area (Å²) >= 11 is 0. The number of fused-ring (bicyclic) bond motifs is 1. The molecule has 100 valence electrons. The lowest BCUT2D eigenvalue weighted by molar-refractivity contribution is 0.555. The van der Waals surface area contributed by atoms with Gasteiger partial charge < -0.3 is 5.43 Å². The van der Waals surface area contributed by atoms with Gasteiger partial charge >= 0.3 is 0 Å². The first kappa shape index (κ1) is 13.3. The second-order valence-corrected chi connectivity index (χ2v) is 5.17. The van der Waals surface area contributed by atoms with Crippen LogP contribution >= 0.6 is 0 Å². The van der Waals surface area contributed by atoms with E-state index >= 15 is 0 Å². The zero-order chi connectivity index (χ0) is 12.6. The fourth-order valence-electron chi connectivity index (χ4n) is 2.62. The first-order chi connectivity index (χ1) is 8.90. The van der Waals surface area contributed by atoms with Crippen LogP contribution in [-0.2, 0) is 12.8 Å². The van der Waals surface area contributed by atoms with Crippen LogP contribution < -0.4 is 11.3 Å². The lowest BCUT2D eigenvalue weighted by Gasteiger charge is -2.11. The molecule has 4 heteroatoms. The van der Waals surface area contributed by atoms with Crippen molar-refractivity contribution in [3.63, 3.8) is 0 Å². The van der Waals surface area contributed by atoms with Crippen LogP contribution in [0.2, 0.25) is 0 Å². The molecule has 18 heavy (non-hydrogen) atoms. The lowest BCUT2D eigenvalue weighted by atomic mass is 9.99. The summed E-state index contributed by atoms with van der Waals surface area (Å²) in [6.45, 7) is 0.